The number of carbonyl (C=O) groups is 2. The van der Waals surface area contributed by atoms with Crippen LogP contribution in [0.1, 0.15) is 25.0 Å². The summed E-state index contributed by atoms with van der Waals surface area (Å²) in [7, 11) is 0. The summed E-state index contributed by atoms with van der Waals surface area (Å²) < 4.78 is 10.5. The normalized spacial score (nSPS) is 11.9. The minimum Gasteiger partial charge on any atom is -0.494 e. The Balaban J connectivity index is 2.00. The molecule has 1 atom stereocenters. The third-order valence-electron chi connectivity index (χ3n) is 3.81. The van der Waals surface area contributed by atoms with Gasteiger partial charge in [0, 0.05) is 5.69 Å². The Hall–Kier alpha value is -3.59. The predicted molar refractivity (Wildman–Crippen MR) is 107 cm³/mol. The molecular formula is C22H22N2O4. The molecule has 0 aliphatic heterocycles. The van der Waals surface area contributed by atoms with E-state index in [0.29, 0.717) is 23.6 Å². The van der Waals surface area contributed by atoms with Gasteiger partial charge in [0.15, 0.2) is 6.10 Å². The summed E-state index contributed by atoms with van der Waals surface area (Å²) in [6.45, 7) is 5.82. The smallest absolute Gasteiger partial charge is 0.349 e. The van der Waals surface area contributed by atoms with Gasteiger partial charge in [0.1, 0.15) is 17.4 Å². The maximum atomic E-state index is 12.2. The number of aryl methyl sites for hydroxylation is 1. The first-order chi connectivity index (χ1) is 13.4. The Labute approximate surface area is 164 Å². The van der Waals surface area contributed by atoms with Gasteiger partial charge >= 0.3 is 5.97 Å². The highest BCUT2D eigenvalue weighted by atomic mass is 16.5. The van der Waals surface area contributed by atoms with Gasteiger partial charge in [-0.2, -0.15) is 5.26 Å². The van der Waals surface area contributed by atoms with Gasteiger partial charge in [0.25, 0.3) is 5.91 Å². The number of carbonyl (C=O) groups excluding carboxylic acids is 2. The van der Waals surface area contributed by atoms with Gasteiger partial charge in [-0.25, -0.2) is 4.79 Å². The molecule has 0 spiro atoms. The molecule has 0 radical (unpaired) electrons. The van der Waals surface area contributed by atoms with Crippen molar-refractivity contribution >= 4 is 23.6 Å². The Kier molecular flexibility index (Phi) is 7.35. The largest absolute Gasteiger partial charge is 0.494 e. The molecule has 2 aromatic rings. The fraction of sp³-hybridized carbons (Fsp3) is 0.227. The van der Waals surface area contributed by atoms with Gasteiger partial charge in [-0.15, -0.1) is 0 Å². The van der Waals surface area contributed by atoms with Gasteiger partial charge in [-0.1, -0.05) is 29.8 Å². The van der Waals surface area contributed by atoms with E-state index in [-0.39, 0.29) is 5.57 Å². The van der Waals surface area contributed by atoms with E-state index in [1.165, 1.54) is 13.0 Å². The fourth-order valence-corrected chi connectivity index (χ4v) is 2.29. The summed E-state index contributed by atoms with van der Waals surface area (Å²) in [5.41, 5.74) is 2.12. The van der Waals surface area contributed by atoms with Crippen LogP contribution in [-0.4, -0.2) is 24.6 Å². The van der Waals surface area contributed by atoms with Crippen molar-refractivity contribution < 1.29 is 19.1 Å². The van der Waals surface area contributed by atoms with Gasteiger partial charge in [-0.3, -0.25) is 4.79 Å². The van der Waals surface area contributed by atoms with Gasteiger partial charge < -0.3 is 14.8 Å². The van der Waals surface area contributed by atoms with Crippen LogP contribution in [-0.2, 0) is 14.3 Å². The fourth-order valence-electron chi connectivity index (χ4n) is 2.29. The lowest BCUT2D eigenvalue weighted by Gasteiger charge is -2.13. The molecule has 2 aromatic carbocycles. The van der Waals surface area contributed by atoms with Crippen molar-refractivity contribution in [2.75, 3.05) is 11.9 Å². The van der Waals surface area contributed by atoms with Crippen molar-refractivity contribution in [1.82, 2.24) is 0 Å². The van der Waals surface area contributed by atoms with Crippen LogP contribution in [0.3, 0.4) is 0 Å². The molecule has 0 fully saturated rings. The number of amides is 1. The third kappa shape index (κ3) is 5.99. The van der Waals surface area contributed by atoms with E-state index >= 15 is 0 Å². The third-order valence-corrected chi connectivity index (χ3v) is 3.81. The molecule has 0 saturated heterocycles. The molecule has 0 unspecified atom stereocenters. The number of nitrogens with one attached hydrogen (secondary N) is 1. The molecule has 1 N–H and O–H groups in total. The Morgan fingerprint density at radius 2 is 1.79 bits per heavy atom. The standard InChI is InChI=1S/C22H22N2O4/c1-4-27-20-11-7-17(8-12-20)13-18(14-23)22(26)28-16(3)21(25)24-19-9-5-15(2)6-10-19/h5-13,16H,4H2,1-3H3,(H,24,25)/b18-13+/t16-/m1/s1. The molecule has 0 bridgehead atoms. The second kappa shape index (κ2) is 9.93. The lowest BCUT2D eigenvalue weighted by atomic mass is 10.1. The SMILES string of the molecule is CCOc1ccc(/C=C(\C#N)C(=O)O[C@H](C)C(=O)Nc2ccc(C)cc2)cc1. The number of nitriles is 1. The van der Waals surface area contributed by atoms with Crippen molar-refractivity contribution in [3.8, 4) is 11.8 Å². The Bertz CT molecular complexity index is 894. The van der Waals surface area contributed by atoms with E-state index < -0.39 is 18.0 Å². The van der Waals surface area contributed by atoms with E-state index in [4.69, 9.17) is 9.47 Å². The molecule has 1 amide bonds. The van der Waals surface area contributed by atoms with Crippen LogP contribution in [0.4, 0.5) is 5.69 Å². The van der Waals surface area contributed by atoms with Crippen LogP contribution in [0.5, 0.6) is 5.75 Å². The number of anilines is 1. The monoisotopic (exact) mass is 378 g/mol. The first-order valence-corrected chi connectivity index (χ1v) is 8.86. The second-order valence-electron chi connectivity index (χ2n) is 6.07. The zero-order valence-corrected chi connectivity index (χ0v) is 16.1. The highest BCUT2D eigenvalue weighted by Gasteiger charge is 2.20. The van der Waals surface area contributed by atoms with E-state index in [0.717, 1.165) is 5.56 Å². The summed E-state index contributed by atoms with van der Waals surface area (Å²) >= 11 is 0. The summed E-state index contributed by atoms with van der Waals surface area (Å²) in [5.74, 6) is -0.638. The van der Waals surface area contributed by atoms with E-state index in [1.54, 1.807) is 36.4 Å². The number of nitrogens with zero attached hydrogens (tertiary/aromatic N) is 1. The molecule has 0 aliphatic carbocycles. The van der Waals surface area contributed by atoms with Crippen LogP contribution in [0.25, 0.3) is 6.08 Å². The summed E-state index contributed by atoms with van der Waals surface area (Å²) in [4.78, 5) is 24.4. The van der Waals surface area contributed by atoms with Crippen molar-refractivity contribution in [1.29, 1.82) is 5.26 Å². The average Bonchev–Trinajstić information content (AvgIpc) is 2.69. The molecule has 0 aliphatic rings. The topological polar surface area (TPSA) is 88.4 Å². The maximum Gasteiger partial charge on any atom is 0.349 e. The number of benzene rings is 2. The van der Waals surface area contributed by atoms with E-state index in [9.17, 15) is 14.9 Å². The lowest BCUT2D eigenvalue weighted by molar-refractivity contribution is -0.148. The lowest BCUT2D eigenvalue weighted by Crippen LogP contribution is -2.30. The highest BCUT2D eigenvalue weighted by Crippen LogP contribution is 2.16. The summed E-state index contributed by atoms with van der Waals surface area (Å²) in [6, 6.07) is 16.0. The van der Waals surface area contributed by atoms with Crippen LogP contribution in [0.2, 0.25) is 0 Å². The van der Waals surface area contributed by atoms with Gasteiger partial charge in [0.2, 0.25) is 0 Å². The van der Waals surface area contributed by atoms with Crippen molar-refractivity contribution in [2.24, 2.45) is 0 Å². The van der Waals surface area contributed by atoms with Gasteiger partial charge in [-0.05, 0) is 56.7 Å². The first kappa shape index (κ1) is 20.7. The molecule has 144 valence electrons. The maximum absolute atomic E-state index is 12.2. The van der Waals surface area contributed by atoms with Crippen LogP contribution in [0, 0.1) is 18.3 Å². The van der Waals surface area contributed by atoms with Crippen molar-refractivity contribution in [2.45, 2.75) is 26.9 Å². The number of ether oxygens (including phenoxy) is 2. The molecule has 0 saturated carbocycles. The van der Waals surface area contributed by atoms with Crippen LogP contribution in [0.15, 0.2) is 54.1 Å². The molecule has 28 heavy (non-hydrogen) atoms. The number of hydrogen-bond acceptors (Lipinski definition) is 5. The molecule has 6 nitrogen and oxygen atoms in total. The molecule has 6 heteroatoms. The molecular weight excluding hydrogens is 356 g/mol. The van der Waals surface area contributed by atoms with Gasteiger partial charge in [0.05, 0.1) is 6.61 Å². The molecule has 2 rings (SSSR count). The molecule has 0 heterocycles. The number of rotatable bonds is 7. The van der Waals surface area contributed by atoms with Crippen molar-refractivity contribution in [3.63, 3.8) is 0 Å². The van der Waals surface area contributed by atoms with E-state index in [2.05, 4.69) is 5.32 Å². The van der Waals surface area contributed by atoms with Crippen LogP contribution < -0.4 is 10.1 Å². The Morgan fingerprint density at radius 3 is 2.36 bits per heavy atom. The average molecular weight is 378 g/mol. The van der Waals surface area contributed by atoms with Crippen LogP contribution >= 0.6 is 0 Å². The zero-order chi connectivity index (χ0) is 20.5. The number of esters is 1. The van der Waals surface area contributed by atoms with E-state index in [1.807, 2.05) is 32.0 Å². The summed E-state index contributed by atoms with van der Waals surface area (Å²) in [6.07, 6.45) is 0.355. The quantitative estimate of drug-likeness (QED) is 0.449. The minimum absolute atomic E-state index is 0.195. The number of hydrogen-bond donors (Lipinski definition) is 1. The first-order valence-electron chi connectivity index (χ1n) is 8.86. The molecule has 0 aromatic heterocycles. The Morgan fingerprint density at radius 1 is 1.14 bits per heavy atom. The minimum atomic E-state index is -1.05. The highest BCUT2D eigenvalue weighted by molar-refractivity contribution is 6.01. The second-order valence-corrected chi connectivity index (χ2v) is 6.07. The predicted octanol–water partition coefficient (Wildman–Crippen LogP) is 3.87. The van der Waals surface area contributed by atoms with Crippen molar-refractivity contribution in [3.05, 3.63) is 65.2 Å². The summed E-state index contributed by atoms with van der Waals surface area (Å²) in [5, 5.41) is 11.9. The zero-order valence-electron chi connectivity index (χ0n) is 16.1.